The van der Waals surface area contributed by atoms with Gasteiger partial charge in [-0.25, -0.2) is 9.78 Å². The maximum atomic E-state index is 12.6. The molecule has 9 nitrogen and oxygen atoms in total. The number of nitrogens with one attached hydrogen (secondary N) is 1. The summed E-state index contributed by atoms with van der Waals surface area (Å²) >= 11 is 0. The third-order valence-corrected chi connectivity index (χ3v) is 5.25. The van der Waals surface area contributed by atoms with Crippen LogP contribution in [0.5, 0.6) is 5.75 Å². The van der Waals surface area contributed by atoms with E-state index in [0.29, 0.717) is 45.0 Å². The van der Waals surface area contributed by atoms with Gasteiger partial charge in [-0.3, -0.25) is 9.59 Å². The van der Waals surface area contributed by atoms with E-state index >= 15 is 0 Å². The molecule has 2 heterocycles. The molecule has 0 spiro atoms. The van der Waals surface area contributed by atoms with Crippen LogP contribution in [0.1, 0.15) is 37.0 Å². The zero-order valence-corrected chi connectivity index (χ0v) is 18.9. The second-order valence-electron chi connectivity index (χ2n) is 7.47. The Labute approximate surface area is 193 Å². The van der Waals surface area contributed by atoms with E-state index in [1.165, 1.54) is 0 Å². The minimum Gasteiger partial charge on any atom is -0.494 e. The predicted molar refractivity (Wildman–Crippen MR) is 121 cm³/mol. The molecular formula is C24H29N3O6. The van der Waals surface area contributed by atoms with E-state index < -0.39 is 5.97 Å². The molecule has 0 atom stereocenters. The van der Waals surface area contributed by atoms with Gasteiger partial charge in [0.2, 0.25) is 0 Å². The van der Waals surface area contributed by atoms with Crippen molar-refractivity contribution in [2.45, 2.75) is 26.7 Å². The van der Waals surface area contributed by atoms with Crippen LogP contribution in [0.4, 0.5) is 11.5 Å². The van der Waals surface area contributed by atoms with Crippen LogP contribution in [0, 0.1) is 5.92 Å². The largest absolute Gasteiger partial charge is 0.494 e. The highest BCUT2D eigenvalue weighted by atomic mass is 16.5. The number of hydrogen-bond donors (Lipinski definition) is 1. The minimum atomic E-state index is -0.647. The van der Waals surface area contributed by atoms with E-state index in [0.717, 1.165) is 11.4 Å². The molecule has 1 fully saturated rings. The van der Waals surface area contributed by atoms with Crippen molar-refractivity contribution in [3.05, 3.63) is 48.2 Å². The number of piperidine rings is 1. The first-order valence-corrected chi connectivity index (χ1v) is 11.1. The van der Waals surface area contributed by atoms with Crippen molar-refractivity contribution >= 4 is 29.4 Å². The van der Waals surface area contributed by atoms with E-state index in [9.17, 15) is 14.4 Å². The third-order valence-electron chi connectivity index (χ3n) is 5.25. The highest BCUT2D eigenvalue weighted by molar-refractivity contribution is 5.96. The number of pyridine rings is 1. The van der Waals surface area contributed by atoms with Gasteiger partial charge in [0.15, 0.2) is 6.61 Å². The normalized spacial score (nSPS) is 13.8. The van der Waals surface area contributed by atoms with E-state index in [4.69, 9.17) is 14.2 Å². The number of rotatable bonds is 9. The molecule has 1 aromatic heterocycles. The van der Waals surface area contributed by atoms with Crippen LogP contribution < -0.4 is 10.1 Å². The van der Waals surface area contributed by atoms with Gasteiger partial charge < -0.3 is 24.4 Å². The molecule has 0 bridgehead atoms. The van der Waals surface area contributed by atoms with Gasteiger partial charge in [0.25, 0.3) is 5.91 Å². The van der Waals surface area contributed by atoms with Crippen LogP contribution in [0.25, 0.3) is 0 Å². The quantitative estimate of drug-likeness (QED) is 0.575. The fourth-order valence-electron chi connectivity index (χ4n) is 3.53. The molecule has 2 aromatic rings. The first-order chi connectivity index (χ1) is 16.0. The van der Waals surface area contributed by atoms with Gasteiger partial charge in [-0.05, 0) is 63.1 Å². The summed E-state index contributed by atoms with van der Waals surface area (Å²) in [5.41, 5.74) is 0.951. The lowest BCUT2D eigenvalue weighted by molar-refractivity contribution is -0.151. The zero-order chi connectivity index (χ0) is 23.6. The van der Waals surface area contributed by atoms with Crippen molar-refractivity contribution in [3.63, 3.8) is 0 Å². The van der Waals surface area contributed by atoms with Gasteiger partial charge in [-0.15, -0.1) is 0 Å². The molecule has 1 N–H and O–H groups in total. The number of carbonyl (C=O) groups excluding carboxylic acids is 3. The summed E-state index contributed by atoms with van der Waals surface area (Å²) in [4.78, 5) is 42.8. The van der Waals surface area contributed by atoms with Crippen LogP contribution >= 0.6 is 0 Å². The highest BCUT2D eigenvalue weighted by Crippen LogP contribution is 2.22. The Morgan fingerprint density at radius 3 is 2.42 bits per heavy atom. The SMILES string of the molecule is CCOC(=O)C1CCN(C(=O)COC(=O)c2cccnc2Nc2ccc(OCC)cc2)CC1. The fraction of sp³-hybridized carbons (Fsp3) is 0.417. The summed E-state index contributed by atoms with van der Waals surface area (Å²) in [5.74, 6) is -0.284. The number of aromatic nitrogens is 1. The lowest BCUT2D eigenvalue weighted by Crippen LogP contribution is -2.42. The first kappa shape index (κ1) is 24.0. The Morgan fingerprint density at radius 1 is 1.03 bits per heavy atom. The maximum absolute atomic E-state index is 12.6. The molecule has 0 radical (unpaired) electrons. The molecule has 3 rings (SSSR count). The molecule has 1 aromatic carbocycles. The monoisotopic (exact) mass is 455 g/mol. The van der Waals surface area contributed by atoms with Crippen LogP contribution in [0.3, 0.4) is 0 Å². The van der Waals surface area contributed by atoms with Crippen LogP contribution in [0.2, 0.25) is 0 Å². The summed E-state index contributed by atoms with van der Waals surface area (Å²) in [6.07, 6.45) is 2.64. The summed E-state index contributed by atoms with van der Waals surface area (Å²) in [7, 11) is 0. The lowest BCUT2D eigenvalue weighted by Gasteiger charge is -2.30. The Hall–Kier alpha value is -3.62. The molecule has 1 aliphatic rings. The van der Waals surface area contributed by atoms with E-state index in [1.807, 2.05) is 31.2 Å². The molecule has 0 unspecified atom stereocenters. The van der Waals surface area contributed by atoms with E-state index in [-0.39, 0.29) is 30.0 Å². The number of ether oxygens (including phenoxy) is 3. The zero-order valence-electron chi connectivity index (χ0n) is 18.9. The first-order valence-electron chi connectivity index (χ1n) is 11.1. The van der Waals surface area contributed by atoms with Crippen LogP contribution in [0.15, 0.2) is 42.6 Å². The molecular weight excluding hydrogens is 426 g/mol. The number of carbonyl (C=O) groups is 3. The third kappa shape index (κ3) is 6.68. The summed E-state index contributed by atoms with van der Waals surface area (Å²) in [6, 6.07) is 10.5. The van der Waals surface area contributed by atoms with Crippen LogP contribution in [-0.4, -0.2) is 60.6 Å². The number of esters is 2. The van der Waals surface area contributed by atoms with Gasteiger partial charge in [-0.1, -0.05) is 0 Å². The van der Waals surface area contributed by atoms with Gasteiger partial charge in [0.05, 0.1) is 19.1 Å². The Bertz CT molecular complexity index is 955. The van der Waals surface area contributed by atoms with E-state index in [2.05, 4.69) is 10.3 Å². The Kier molecular flexibility index (Phi) is 8.63. The van der Waals surface area contributed by atoms with Crippen molar-refractivity contribution in [1.29, 1.82) is 0 Å². The maximum Gasteiger partial charge on any atom is 0.342 e. The van der Waals surface area contributed by atoms with Crippen molar-refractivity contribution in [2.75, 3.05) is 38.2 Å². The molecule has 1 saturated heterocycles. The Balaban J connectivity index is 1.53. The van der Waals surface area contributed by atoms with Gasteiger partial charge in [-0.2, -0.15) is 0 Å². The average molecular weight is 456 g/mol. The van der Waals surface area contributed by atoms with Gasteiger partial charge in [0.1, 0.15) is 17.1 Å². The van der Waals surface area contributed by atoms with E-state index in [1.54, 1.807) is 30.2 Å². The lowest BCUT2D eigenvalue weighted by atomic mass is 9.97. The minimum absolute atomic E-state index is 0.192. The molecule has 33 heavy (non-hydrogen) atoms. The molecule has 0 saturated carbocycles. The highest BCUT2D eigenvalue weighted by Gasteiger charge is 2.28. The second-order valence-corrected chi connectivity index (χ2v) is 7.47. The average Bonchev–Trinajstić information content (AvgIpc) is 2.84. The molecule has 1 aliphatic heterocycles. The predicted octanol–water partition coefficient (Wildman–Crippen LogP) is 3.18. The molecule has 9 heteroatoms. The Morgan fingerprint density at radius 2 is 1.76 bits per heavy atom. The summed E-state index contributed by atoms with van der Waals surface area (Å²) in [6.45, 7) is 5.08. The van der Waals surface area contributed by atoms with Crippen molar-refractivity contribution < 1.29 is 28.6 Å². The fourth-order valence-corrected chi connectivity index (χ4v) is 3.53. The molecule has 1 amide bonds. The number of benzene rings is 1. The van der Waals surface area contributed by atoms with Crippen molar-refractivity contribution in [1.82, 2.24) is 9.88 Å². The number of amides is 1. The number of nitrogens with zero attached hydrogens (tertiary/aromatic N) is 2. The van der Waals surface area contributed by atoms with Gasteiger partial charge >= 0.3 is 11.9 Å². The van der Waals surface area contributed by atoms with Crippen molar-refractivity contribution in [2.24, 2.45) is 5.92 Å². The summed E-state index contributed by atoms with van der Waals surface area (Å²) < 4.78 is 15.7. The topological polar surface area (TPSA) is 107 Å². The standard InChI is InChI=1S/C24H29N3O6/c1-3-31-19-9-7-18(8-10-19)26-22-20(6-5-13-25-22)24(30)33-16-21(28)27-14-11-17(12-15-27)23(29)32-4-2/h5-10,13,17H,3-4,11-12,14-16H2,1-2H3,(H,25,26). The molecule has 176 valence electrons. The molecule has 0 aliphatic carbocycles. The van der Waals surface area contributed by atoms with Gasteiger partial charge in [0, 0.05) is 25.0 Å². The van der Waals surface area contributed by atoms with Crippen molar-refractivity contribution in [3.8, 4) is 5.75 Å². The number of likely N-dealkylation sites (tertiary alicyclic amines) is 1. The number of anilines is 2. The summed E-state index contributed by atoms with van der Waals surface area (Å²) in [5, 5.41) is 3.09. The number of hydrogen-bond acceptors (Lipinski definition) is 8. The second kappa shape index (κ2) is 11.8. The van der Waals surface area contributed by atoms with Crippen LogP contribution in [-0.2, 0) is 19.1 Å². The smallest absolute Gasteiger partial charge is 0.342 e.